The Balaban J connectivity index is 1.93. The number of halogens is 1. The van der Waals surface area contributed by atoms with E-state index in [0.717, 1.165) is 20.4 Å². The lowest BCUT2D eigenvalue weighted by molar-refractivity contribution is 0.178. The molecule has 0 spiro atoms. The highest BCUT2D eigenvalue weighted by molar-refractivity contribution is 14.1. The number of aromatic nitrogens is 2. The van der Waals surface area contributed by atoms with Gasteiger partial charge in [0.25, 0.3) is 0 Å². The molecule has 0 aliphatic carbocycles. The molecule has 1 heterocycles. The lowest BCUT2D eigenvalue weighted by Crippen LogP contribution is -2.45. The molecule has 3 rings (SSSR count). The van der Waals surface area contributed by atoms with Crippen LogP contribution in [0.1, 0.15) is 18.3 Å². The largest absolute Gasteiger partial charge is 0.465 e. The fourth-order valence-electron chi connectivity index (χ4n) is 2.81. The first kappa shape index (κ1) is 17.5. The molecule has 0 aliphatic heterocycles. The van der Waals surface area contributed by atoms with Gasteiger partial charge in [-0.05, 0) is 52.8 Å². The molecule has 3 aromatic rings. The van der Waals surface area contributed by atoms with Crippen LogP contribution in [0.5, 0.6) is 0 Å². The second kappa shape index (κ2) is 7.26. The Morgan fingerprint density at radius 3 is 2.52 bits per heavy atom. The summed E-state index contributed by atoms with van der Waals surface area (Å²) in [6, 6.07) is 17.8. The molecule has 25 heavy (non-hydrogen) atoms. The molecule has 0 fully saturated rings. The zero-order valence-corrected chi connectivity index (χ0v) is 15.8. The van der Waals surface area contributed by atoms with Gasteiger partial charge in [-0.25, -0.2) is 9.78 Å². The van der Waals surface area contributed by atoms with E-state index in [0.29, 0.717) is 12.2 Å². The number of H-pyrrole nitrogens is 1. The average molecular weight is 447 g/mol. The van der Waals surface area contributed by atoms with Gasteiger partial charge >= 0.3 is 6.09 Å². The van der Waals surface area contributed by atoms with Gasteiger partial charge in [-0.15, -0.1) is 0 Å². The number of rotatable bonds is 5. The highest BCUT2D eigenvalue weighted by Crippen LogP contribution is 2.26. The van der Waals surface area contributed by atoms with Crippen molar-refractivity contribution in [1.29, 1.82) is 0 Å². The summed E-state index contributed by atoms with van der Waals surface area (Å²) < 4.78 is 1.16. The van der Waals surface area contributed by atoms with E-state index in [1.54, 1.807) is 6.20 Å². The van der Waals surface area contributed by atoms with Crippen LogP contribution >= 0.6 is 22.6 Å². The van der Waals surface area contributed by atoms with Gasteiger partial charge in [-0.3, -0.25) is 0 Å². The number of carboxylic acid groups (broad SMARTS) is 1. The number of hydrogen-bond acceptors (Lipinski definition) is 2. The van der Waals surface area contributed by atoms with Crippen molar-refractivity contribution in [3.05, 3.63) is 75.8 Å². The van der Waals surface area contributed by atoms with Crippen LogP contribution in [0.2, 0.25) is 0 Å². The summed E-state index contributed by atoms with van der Waals surface area (Å²) in [6.07, 6.45) is 1.16. The van der Waals surface area contributed by atoms with E-state index >= 15 is 0 Å². The number of nitrogens with zero attached hydrogens (tertiary/aromatic N) is 1. The summed E-state index contributed by atoms with van der Waals surface area (Å²) in [7, 11) is 0. The quantitative estimate of drug-likeness (QED) is 0.508. The lowest BCUT2D eigenvalue weighted by atomic mass is 9.92. The predicted molar refractivity (Wildman–Crippen MR) is 105 cm³/mol. The third kappa shape index (κ3) is 4.19. The molecule has 6 heteroatoms. The number of imidazole rings is 1. The summed E-state index contributed by atoms with van der Waals surface area (Å²) in [5, 5.41) is 11.9. The Morgan fingerprint density at radius 2 is 1.88 bits per heavy atom. The number of nitrogens with one attached hydrogen (secondary N) is 2. The van der Waals surface area contributed by atoms with Crippen LogP contribution in [0.15, 0.2) is 60.8 Å². The van der Waals surface area contributed by atoms with E-state index in [1.165, 1.54) is 0 Å². The molecule has 0 radical (unpaired) electrons. The summed E-state index contributed by atoms with van der Waals surface area (Å²) >= 11 is 2.26. The molecule has 1 atom stereocenters. The molecule has 1 aromatic heterocycles. The third-order valence-electron chi connectivity index (χ3n) is 4.04. The first-order valence-corrected chi connectivity index (χ1v) is 8.91. The van der Waals surface area contributed by atoms with Crippen LogP contribution in [0, 0.1) is 3.57 Å². The van der Waals surface area contributed by atoms with Gasteiger partial charge in [0, 0.05) is 9.99 Å². The Hall–Kier alpha value is -2.35. The third-order valence-corrected chi connectivity index (χ3v) is 4.76. The van der Waals surface area contributed by atoms with Gasteiger partial charge in [0.1, 0.15) is 11.4 Å². The van der Waals surface area contributed by atoms with E-state index < -0.39 is 11.6 Å². The molecule has 2 aromatic carbocycles. The zero-order chi connectivity index (χ0) is 17.9. The zero-order valence-electron chi connectivity index (χ0n) is 13.7. The highest BCUT2D eigenvalue weighted by atomic mass is 127. The molecular weight excluding hydrogens is 429 g/mol. The smallest absolute Gasteiger partial charge is 0.405 e. The van der Waals surface area contributed by atoms with Crippen molar-refractivity contribution in [3.63, 3.8) is 0 Å². The topological polar surface area (TPSA) is 78.0 Å². The average Bonchev–Trinajstić information content (AvgIpc) is 3.06. The second-order valence-electron chi connectivity index (χ2n) is 6.08. The molecule has 0 saturated heterocycles. The lowest BCUT2D eigenvalue weighted by Gasteiger charge is -2.27. The van der Waals surface area contributed by atoms with Gasteiger partial charge in [-0.1, -0.05) is 42.5 Å². The Bertz CT molecular complexity index is 862. The Kier molecular flexibility index (Phi) is 5.08. The molecule has 5 nitrogen and oxygen atoms in total. The van der Waals surface area contributed by atoms with Gasteiger partial charge in [0.15, 0.2) is 0 Å². The second-order valence-corrected chi connectivity index (χ2v) is 7.32. The number of amides is 1. The van der Waals surface area contributed by atoms with E-state index in [1.807, 2.05) is 61.5 Å². The normalized spacial score (nSPS) is 13.2. The molecule has 0 bridgehead atoms. The van der Waals surface area contributed by atoms with Crippen molar-refractivity contribution >= 4 is 28.7 Å². The van der Waals surface area contributed by atoms with Crippen LogP contribution in [0.25, 0.3) is 11.3 Å². The van der Waals surface area contributed by atoms with Gasteiger partial charge in [0.05, 0.1) is 11.9 Å². The van der Waals surface area contributed by atoms with Crippen molar-refractivity contribution in [3.8, 4) is 11.3 Å². The minimum Gasteiger partial charge on any atom is -0.465 e. The number of benzene rings is 2. The summed E-state index contributed by atoms with van der Waals surface area (Å²) in [6.45, 7) is 1.84. The van der Waals surface area contributed by atoms with Crippen molar-refractivity contribution in [2.75, 3.05) is 0 Å². The van der Waals surface area contributed by atoms with Crippen molar-refractivity contribution < 1.29 is 9.90 Å². The predicted octanol–water partition coefficient (Wildman–Crippen LogP) is 4.41. The van der Waals surface area contributed by atoms with E-state index in [4.69, 9.17) is 0 Å². The SMILES string of the molecule is CC(Cc1ccccc1)(NC(=O)O)c1ncc(-c2ccc(I)cc2)[nH]1. The molecule has 0 saturated carbocycles. The summed E-state index contributed by atoms with van der Waals surface area (Å²) in [5.74, 6) is 0.590. The highest BCUT2D eigenvalue weighted by Gasteiger charge is 2.32. The van der Waals surface area contributed by atoms with Crippen LogP contribution in [-0.2, 0) is 12.0 Å². The van der Waals surface area contributed by atoms with Crippen LogP contribution < -0.4 is 5.32 Å². The Labute approximate surface area is 159 Å². The van der Waals surface area contributed by atoms with E-state index in [9.17, 15) is 9.90 Å². The van der Waals surface area contributed by atoms with Crippen molar-refractivity contribution in [1.82, 2.24) is 15.3 Å². The van der Waals surface area contributed by atoms with Crippen LogP contribution in [-0.4, -0.2) is 21.2 Å². The number of hydrogen-bond donors (Lipinski definition) is 3. The van der Waals surface area contributed by atoms with Gasteiger partial charge < -0.3 is 15.4 Å². The maximum Gasteiger partial charge on any atom is 0.405 e. The molecule has 1 unspecified atom stereocenters. The maximum absolute atomic E-state index is 11.3. The summed E-state index contributed by atoms with van der Waals surface area (Å²) in [5.41, 5.74) is 2.05. The fraction of sp³-hybridized carbons (Fsp3) is 0.158. The maximum atomic E-state index is 11.3. The van der Waals surface area contributed by atoms with Gasteiger partial charge in [0.2, 0.25) is 0 Å². The molecule has 0 aliphatic rings. The molecule has 1 amide bonds. The molecule has 128 valence electrons. The monoisotopic (exact) mass is 447 g/mol. The van der Waals surface area contributed by atoms with Crippen molar-refractivity contribution in [2.45, 2.75) is 18.9 Å². The first-order valence-electron chi connectivity index (χ1n) is 7.83. The van der Waals surface area contributed by atoms with Crippen molar-refractivity contribution in [2.24, 2.45) is 0 Å². The fourth-order valence-corrected chi connectivity index (χ4v) is 3.16. The minimum atomic E-state index is -1.08. The standard InChI is InChI=1S/C19H18IN3O2/c1-19(23-18(24)25,11-13-5-3-2-4-6-13)17-21-12-16(22-17)14-7-9-15(20)10-8-14/h2-10,12,23H,11H2,1H3,(H,21,22)(H,24,25). The minimum absolute atomic E-state index is 0.500. The number of carbonyl (C=O) groups is 1. The molecule has 3 N–H and O–H groups in total. The van der Waals surface area contributed by atoms with Gasteiger partial charge in [-0.2, -0.15) is 0 Å². The van der Waals surface area contributed by atoms with E-state index in [2.05, 4.69) is 37.9 Å². The Morgan fingerprint density at radius 1 is 1.20 bits per heavy atom. The number of aromatic amines is 1. The summed E-state index contributed by atoms with van der Waals surface area (Å²) in [4.78, 5) is 19.1. The van der Waals surface area contributed by atoms with E-state index in [-0.39, 0.29) is 0 Å². The molecular formula is C19H18IN3O2. The van der Waals surface area contributed by atoms with Crippen LogP contribution in [0.4, 0.5) is 4.79 Å². The first-order chi connectivity index (χ1) is 12.0. The van der Waals surface area contributed by atoms with Crippen LogP contribution in [0.3, 0.4) is 0 Å².